The molecule has 1 unspecified atom stereocenters. The highest BCUT2D eigenvalue weighted by Gasteiger charge is 2.39. The third-order valence-corrected chi connectivity index (χ3v) is 6.88. The Morgan fingerprint density at radius 1 is 1.22 bits per heavy atom. The van der Waals surface area contributed by atoms with Crippen molar-refractivity contribution in [2.24, 2.45) is 11.8 Å². The van der Waals surface area contributed by atoms with E-state index in [1.165, 1.54) is 32.0 Å². The number of anilines is 1. The smallest absolute Gasteiger partial charge is 0.258 e. The third-order valence-electron chi connectivity index (χ3n) is 6.88. The molecule has 2 aromatic heterocycles. The second-order valence-electron chi connectivity index (χ2n) is 8.97. The Kier molecular flexibility index (Phi) is 3.92. The highest BCUT2D eigenvalue weighted by molar-refractivity contribution is 6.10. The Labute approximate surface area is 159 Å². The molecule has 1 aliphatic heterocycles. The van der Waals surface area contributed by atoms with Gasteiger partial charge in [0.15, 0.2) is 0 Å². The largest absolute Gasteiger partial charge is 0.442 e. The van der Waals surface area contributed by atoms with Crippen LogP contribution in [0.4, 0.5) is 5.82 Å². The molecule has 1 N–H and O–H groups in total. The molecule has 1 amide bonds. The van der Waals surface area contributed by atoms with Crippen molar-refractivity contribution in [2.45, 2.75) is 64.3 Å². The second-order valence-corrected chi connectivity index (χ2v) is 8.97. The number of fused-ring (bicyclic) bond motifs is 2. The number of carbonyl (C=O) groups is 1. The summed E-state index contributed by atoms with van der Waals surface area (Å²) in [5.41, 5.74) is 1.23. The minimum Gasteiger partial charge on any atom is -0.442 e. The molecule has 5 rings (SSSR count). The molecule has 6 nitrogen and oxygen atoms in total. The average Bonchev–Trinajstić information content (AvgIpc) is 3.29. The van der Waals surface area contributed by atoms with E-state index in [9.17, 15) is 4.79 Å². The van der Waals surface area contributed by atoms with Gasteiger partial charge in [-0.05, 0) is 51.4 Å². The number of carbonyl (C=O) groups excluding carboxylic acids is 1. The van der Waals surface area contributed by atoms with Crippen molar-refractivity contribution >= 4 is 22.8 Å². The maximum absolute atomic E-state index is 13.5. The minimum atomic E-state index is 0.0766. The van der Waals surface area contributed by atoms with Gasteiger partial charge in [0.05, 0.1) is 10.9 Å². The molecule has 0 radical (unpaired) electrons. The quantitative estimate of drug-likeness (QED) is 0.881. The molecule has 1 saturated heterocycles. The Morgan fingerprint density at radius 3 is 2.78 bits per heavy atom. The number of amides is 1. The van der Waals surface area contributed by atoms with Gasteiger partial charge in [-0.1, -0.05) is 19.3 Å². The molecule has 2 atom stereocenters. The number of nitrogens with zero attached hydrogens (tertiary/aromatic N) is 3. The van der Waals surface area contributed by atoms with Crippen LogP contribution in [0.5, 0.6) is 0 Å². The molecule has 3 aliphatic rings. The lowest BCUT2D eigenvalue weighted by Crippen LogP contribution is -2.44. The molecule has 2 saturated carbocycles. The van der Waals surface area contributed by atoms with E-state index < -0.39 is 0 Å². The van der Waals surface area contributed by atoms with Crippen molar-refractivity contribution in [1.82, 2.24) is 14.9 Å². The highest BCUT2D eigenvalue weighted by Crippen LogP contribution is 2.41. The average molecular weight is 368 g/mol. The summed E-state index contributed by atoms with van der Waals surface area (Å²) in [5, 5.41) is 4.26. The van der Waals surface area contributed by atoms with E-state index in [-0.39, 0.29) is 11.4 Å². The lowest BCUT2D eigenvalue weighted by atomic mass is 9.75. The van der Waals surface area contributed by atoms with Crippen LogP contribution in [0.15, 0.2) is 10.7 Å². The van der Waals surface area contributed by atoms with Gasteiger partial charge in [0.1, 0.15) is 17.9 Å². The normalized spacial score (nSPS) is 26.7. The summed E-state index contributed by atoms with van der Waals surface area (Å²) in [6.45, 7) is 5.78. The zero-order valence-corrected chi connectivity index (χ0v) is 16.3. The molecule has 3 heterocycles. The van der Waals surface area contributed by atoms with Gasteiger partial charge in [0.25, 0.3) is 5.91 Å². The third kappa shape index (κ3) is 2.99. The number of aromatic nitrogens is 2. The number of furan rings is 1. The zero-order valence-electron chi connectivity index (χ0n) is 16.3. The van der Waals surface area contributed by atoms with Gasteiger partial charge >= 0.3 is 0 Å². The fraction of sp³-hybridized carbons (Fsp3) is 0.667. The SMILES string of the molecule is Cc1oc2ncnc(NC3(C)CC3)c2c1C(=O)N1CC[C@H]2CCCCC2C1. The Morgan fingerprint density at radius 2 is 2.00 bits per heavy atom. The van der Waals surface area contributed by atoms with E-state index in [1.807, 2.05) is 11.8 Å². The van der Waals surface area contributed by atoms with Gasteiger partial charge in [0, 0.05) is 18.6 Å². The lowest BCUT2D eigenvalue weighted by Gasteiger charge is -2.41. The van der Waals surface area contributed by atoms with Crippen LogP contribution >= 0.6 is 0 Å². The first-order valence-electron chi connectivity index (χ1n) is 10.4. The standard InChI is InChI=1S/C21H28N4O2/c1-13-16(20(26)25-10-7-14-5-3-4-6-15(14)11-25)17-18(24-21(2)8-9-21)22-12-23-19(17)27-13/h12,14-15H,3-11H2,1-2H3,(H,22,23,24)/t14-,15?/m1/s1. The number of hydrogen-bond donors (Lipinski definition) is 1. The number of likely N-dealkylation sites (tertiary alicyclic amines) is 1. The van der Waals surface area contributed by atoms with Crippen LogP contribution in [-0.4, -0.2) is 39.4 Å². The molecule has 0 aromatic carbocycles. The molecule has 0 bridgehead atoms. The summed E-state index contributed by atoms with van der Waals surface area (Å²) in [6, 6.07) is 0. The zero-order chi connectivity index (χ0) is 18.6. The first kappa shape index (κ1) is 17.0. The van der Waals surface area contributed by atoms with Crippen LogP contribution in [0.25, 0.3) is 11.1 Å². The minimum absolute atomic E-state index is 0.0766. The predicted octanol–water partition coefficient (Wildman–Crippen LogP) is 4.15. The van der Waals surface area contributed by atoms with Gasteiger partial charge in [-0.25, -0.2) is 9.97 Å². The fourth-order valence-corrected chi connectivity index (χ4v) is 4.94. The monoisotopic (exact) mass is 368 g/mol. The summed E-state index contributed by atoms with van der Waals surface area (Å²) in [4.78, 5) is 24.3. The van der Waals surface area contributed by atoms with Crippen LogP contribution in [0.3, 0.4) is 0 Å². The van der Waals surface area contributed by atoms with Gasteiger partial charge in [-0.3, -0.25) is 4.79 Å². The summed E-state index contributed by atoms with van der Waals surface area (Å²) in [7, 11) is 0. The fourth-order valence-electron chi connectivity index (χ4n) is 4.94. The van der Waals surface area contributed by atoms with E-state index in [2.05, 4.69) is 22.2 Å². The Bertz CT molecular complexity index is 886. The van der Waals surface area contributed by atoms with Gasteiger partial charge in [-0.2, -0.15) is 0 Å². The first-order valence-corrected chi connectivity index (χ1v) is 10.4. The van der Waals surface area contributed by atoms with Crippen molar-refractivity contribution in [2.75, 3.05) is 18.4 Å². The van der Waals surface area contributed by atoms with E-state index >= 15 is 0 Å². The maximum atomic E-state index is 13.5. The van der Waals surface area contributed by atoms with Crippen molar-refractivity contribution in [3.63, 3.8) is 0 Å². The summed E-state index contributed by atoms with van der Waals surface area (Å²) >= 11 is 0. The van der Waals surface area contributed by atoms with Gasteiger partial charge < -0.3 is 14.6 Å². The van der Waals surface area contributed by atoms with Crippen LogP contribution in [0, 0.1) is 18.8 Å². The first-order chi connectivity index (χ1) is 13.0. The molecule has 27 heavy (non-hydrogen) atoms. The number of piperidine rings is 1. The number of hydrogen-bond acceptors (Lipinski definition) is 5. The molecule has 3 fully saturated rings. The van der Waals surface area contributed by atoms with Crippen molar-refractivity contribution in [3.05, 3.63) is 17.7 Å². The van der Waals surface area contributed by atoms with E-state index in [4.69, 9.17) is 4.42 Å². The van der Waals surface area contributed by atoms with Crippen LogP contribution in [-0.2, 0) is 0 Å². The van der Waals surface area contributed by atoms with E-state index in [1.54, 1.807) is 0 Å². The number of aryl methyl sites for hydroxylation is 1. The van der Waals surface area contributed by atoms with E-state index in [0.29, 0.717) is 23.0 Å². The van der Waals surface area contributed by atoms with Crippen molar-refractivity contribution in [1.29, 1.82) is 0 Å². The van der Waals surface area contributed by atoms with E-state index in [0.717, 1.165) is 49.5 Å². The Hall–Kier alpha value is -2.11. The topological polar surface area (TPSA) is 71.3 Å². The summed E-state index contributed by atoms with van der Waals surface area (Å²) in [5.74, 6) is 2.92. The molecule has 144 valence electrons. The van der Waals surface area contributed by atoms with Crippen LogP contribution in [0.2, 0.25) is 0 Å². The number of rotatable bonds is 3. The number of nitrogens with one attached hydrogen (secondary N) is 1. The van der Waals surface area contributed by atoms with Crippen LogP contribution in [0.1, 0.15) is 68.0 Å². The predicted molar refractivity (Wildman–Crippen MR) is 104 cm³/mol. The highest BCUT2D eigenvalue weighted by atomic mass is 16.3. The maximum Gasteiger partial charge on any atom is 0.258 e. The van der Waals surface area contributed by atoms with Gasteiger partial charge in [-0.15, -0.1) is 0 Å². The molecule has 6 heteroatoms. The molecular weight excluding hydrogens is 340 g/mol. The van der Waals surface area contributed by atoms with Crippen molar-refractivity contribution < 1.29 is 9.21 Å². The lowest BCUT2D eigenvalue weighted by molar-refractivity contribution is 0.0521. The molecular formula is C21H28N4O2. The summed E-state index contributed by atoms with van der Waals surface area (Å²) in [6.07, 6.45) is 10.1. The van der Waals surface area contributed by atoms with Crippen LogP contribution < -0.4 is 5.32 Å². The van der Waals surface area contributed by atoms with Crippen molar-refractivity contribution in [3.8, 4) is 0 Å². The molecule has 0 spiro atoms. The second kappa shape index (κ2) is 6.21. The van der Waals surface area contributed by atoms with Gasteiger partial charge in [0.2, 0.25) is 5.71 Å². The molecule has 2 aromatic rings. The Balaban J connectivity index is 1.48. The summed E-state index contributed by atoms with van der Waals surface area (Å²) < 4.78 is 5.85. The molecule has 2 aliphatic carbocycles.